The first-order chi connectivity index (χ1) is 20.7. The van der Waals surface area contributed by atoms with Crippen molar-refractivity contribution in [3.8, 4) is 11.5 Å². The Balaban J connectivity index is 1.26. The SMILES string of the molecule is COc1cc(OC)cc(C(=O)NCc2nnc(SCC(=O)N3N=C(c4ccc(Br)cc4)C[C@@H]3c3ccc(C)cc3)n2C)c1. The molecule has 43 heavy (non-hydrogen) atoms. The van der Waals surface area contributed by atoms with Crippen LogP contribution in [0.3, 0.4) is 0 Å². The second-order valence-electron chi connectivity index (χ2n) is 9.95. The van der Waals surface area contributed by atoms with Crippen molar-refractivity contribution >= 4 is 45.2 Å². The first-order valence-corrected chi connectivity index (χ1v) is 15.3. The van der Waals surface area contributed by atoms with Gasteiger partial charge in [-0.1, -0.05) is 69.7 Å². The third-order valence-electron chi connectivity index (χ3n) is 7.08. The number of hydrazone groups is 1. The summed E-state index contributed by atoms with van der Waals surface area (Å²) in [5.74, 6) is 1.27. The Kier molecular flexibility index (Phi) is 9.46. The van der Waals surface area contributed by atoms with E-state index in [-0.39, 0.29) is 30.2 Å². The lowest BCUT2D eigenvalue weighted by molar-refractivity contribution is -0.130. The van der Waals surface area contributed by atoms with Crippen LogP contribution in [0.4, 0.5) is 0 Å². The van der Waals surface area contributed by atoms with Crippen LogP contribution in [0.2, 0.25) is 0 Å². The van der Waals surface area contributed by atoms with Gasteiger partial charge in [0.25, 0.3) is 11.8 Å². The summed E-state index contributed by atoms with van der Waals surface area (Å²) >= 11 is 4.76. The van der Waals surface area contributed by atoms with E-state index in [1.165, 1.54) is 26.0 Å². The van der Waals surface area contributed by atoms with Gasteiger partial charge in [0.05, 0.1) is 38.3 Å². The molecule has 1 aromatic heterocycles. The fraction of sp³-hybridized carbons (Fsp3) is 0.258. The van der Waals surface area contributed by atoms with Crippen molar-refractivity contribution in [1.29, 1.82) is 0 Å². The van der Waals surface area contributed by atoms with Crippen molar-refractivity contribution in [2.24, 2.45) is 12.1 Å². The molecule has 1 aliphatic heterocycles. The minimum Gasteiger partial charge on any atom is -0.497 e. The van der Waals surface area contributed by atoms with Gasteiger partial charge in [-0.25, -0.2) is 5.01 Å². The van der Waals surface area contributed by atoms with E-state index in [0.29, 0.717) is 34.5 Å². The molecule has 4 aromatic rings. The average molecular weight is 664 g/mol. The molecule has 222 valence electrons. The van der Waals surface area contributed by atoms with Crippen LogP contribution in [0.1, 0.15) is 45.3 Å². The quantitative estimate of drug-likeness (QED) is 0.229. The van der Waals surface area contributed by atoms with Crippen molar-refractivity contribution in [1.82, 2.24) is 25.1 Å². The molecule has 0 saturated heterocycles. The van der Waals surface area contributed by atoms with Crippen molar-refractivity contribution in [2.75, 3.05) is 20.0 Å². The number of rotatable bonds is 10. The molecule has 10 nitrogen and oxygen atoms in total. The predicted octanol–water partition coefficient (Wildman–Crippen LogP) is 5.30. The van der Waals surface area contributed by atoms with E-state index in [9.17, 15) is 9.59 Å². The number of aromatic nitrogens is 3. The number of carbonyl (C=O) groups excluding carboxylic acids is 2. The maximum atomic E-state index is 13.6. The van der Waals surface area contributed by atoms with Gasteiger partial charge in [0.2, 0.25) is 0 Å². The van der Waals surface area contributed by atoms with E-state index < -0.39 is 0 Å². The summed E-state index contributed by atoms with van der Waals surface area (Å²) in [5.41, 5.74) is 4.43. The van der Waals surface area contributed by atoms with Crippen LogP contribution in [0.25, 0.3) is 0 Å². The van der Waals surface area contributed by atoms with Gasteiger partial charge in [-0.3, -0.25) is 9.59 Å². The third kappa shape index (κ3) is 7.08. The number of nitrogens with one attached hydrogen (secondary N) is 1. The predicted molar refractivity (Wildman–Crippen MR) is 169 cm³/mol. The van der Waals surface area contributed by atoms with E-state index in [2.05, 4.69) is 55.7 Å². The normalized spacial score (nSPS) is 14.4. The number of thioether (sulfide) groups is 1. The molecule has 3 aromatic carbocycles. The van der Waals surface area contributed by atoms with Gasteiger partial charge in [0.15, 0.2) is 11.0 Å². The van der Waals surface area contributed by atoms with E-state index >= 15 is 0 Å². The standard InChI is InChI=1S/C31H31BrN6O4S/c1-19-5-7-21(8-6-19)27-16-26(20-9-11-23(32)12-10-20)36-38(27)29(39)18-43-31-35-34-28(37(31)2)17-33-30(40)22-13-24(41-3)15-25(14-22)42-4/h5-15,27H,16-18H2,1-4H3,(H,33,40)/t27-/m1/s1. The minimum absolute atomic E-state index is 0.126. The topological polar surface area (TPSA) is 111 Å². The maximum absolute atomic E-state index is 13.6. The molecule has 1 aliphatic rings. The van der Waals surface area contributed by atoms with Crippen molar-refractivity contribution in [2.45, 2.75) is 31.1 Å². The Labute approximate surface area is 262 Å². The maximum Gasteiger partial charge on any atom is 0.253 e. The number of carbonyl (C=O) groups is 2. The van der Waals surface area contributed by atoms with Gasteiger partial charge >= 0.3 is 0 Å². The van der Waals surface area contributed by atoms with Gasteiger partial charge < -0.3 is 19.4 Å². The van der Waals surface area contributed by atoms with Crippen LogP contribution in [0, 0.1) is 6.92 Å². The van der Waals surface area contributed by atoms with Crippen LogP contribution in [-0.2, 0) is 18.4 Å². The number of amides is 2. The molecule has 0 saturated carbocycles. The van der Waals surface area contributed by atoms with Crippen molar-refractivity contribution < 1.29 is 19.1 Å². The Bertz CT molecular complexity index is 1630. The first-order valence-electron chi connectivity index (χ1n) is 13.5. The lowest BCUT2D eigenvalue weighted by atomic mass is 9.98. The summed E-state index contributed by atoms with van der Waals surface area (Å²) in [4.78, 5) is 26.3. The molecule has 1 atom stereocenters. The summed E-state index contributed by atoms with van der Waals surface area (Å²) < 4.78 is 13.3. The van der Waals surface area contributed by atoms with E-state index in [1.807, 2.05) is 31.2 Å². The number of hydrogen-bond acceptors (Lipinski definition) is 8. The molecule has 0 aliphatic carbocycles. The van der Waals surface area contributed by atoms with Gasteiger partial charge in [-0.2, -0.15) is 5.10 Å². The lowest BCUT2D eigenvalue weighted by Crippen LogP contribution is -2.28. The fourth-order valence-corrected chi connectivity index (χ4v) is 5.67. The number of ether oxygens (including phenoxy) is 2. The second kappa shape index (κ2) is 13.4. The molecular formula is C31H31BrN6O4S. The largest absolute Gasteiger partial charge is 0.497 e. The zero-order valence-corrected chi connectivity index (χ0v) is 26.6. The fourth-order valence-electron chi connectivity index (χ4n) is 4.62. The van der Waals surface area contributed by atoms with E-state index in [1.54, 1.807) is 34.8 Å². The smallest absolute Gasteiger partial charge is 0.253 e. The Hall–Kier alpha value is -4.16. The van der Waals surface area contributed by atoms with Gasteiger partial charge in [0, 0.05) is 29.6 Å². The lowest BCUT2D eigenvalue weighted by Gasteiger charge is -2.22. The molecule has 0 bridgehead atoms. The van der Waals surface area contributed by atoms with Crippen LogP contribution in [0.15, 0.2) is 81.5 Å². The molecule has 0 fully saturated rings. The molecule has 0 unspecified atom stereocenters. The zero-order valence-electron chi connectivity index (χ0n) is 24.2. The molecule has 0 spiro atoms. The summed E-state index contributed by atoms with van der Waals surface area (Å²) in [5, 5.41) is 18.3. The van der Waals surface area contributed by atoms with E-state index in [0.717, 1.165) is 26.9 Å². The highest BCUT2D eigenvalue weighted by Crippen LogP contribution is 2.34. The van der Waals surface area contributed by atoms with Crippen LogP contribution in [0.5, 0.6) is 11.5 Å². The molecule has 5 rings (SSSR count). The summed E-state index contributed by atoms with van der Waals surface area (Å²) in [6.45, 7) is 2.19. The minimum atomic E-state index is -0.305. The number of benzene rings is 3. The van der Waals surface area contributed by atoms with Gasteiger partial charge in [0.1, 0.15) is 11.5 Å². The highest BCUT2D eigenvalue weighted by atomic mass is 79.9. The van der Waals surface area contributed by atoms with Crippen LogP contribution in [-0.4, -0.2) is 57.3 Å². The summed E-state index contributed by atoms with van der Waals surface area (Å²) in [6.07, 6.45) is 0.619. The number of nitrogens with zero attached hydrogens (tertiary/aromatic N) is 5. The van der Waals surface area contributed by atoms with Gasteiger partial charge in [-0.15, -0.1) is 10.2 Å². The van der Waals surface area contributed by atoms with E-state index in [4.69, 9.17) is 14.6 Å². The Morgan fingerprint density at radius 1 is 1.00 bits per heavy atom. The monoisotopic (exact) mass is 662 g/mol. The first kappa shape index (κ1) is 30.3. The molecule has 12 heteroatoms. The number of halogens is 1. The highest BCUT2D eigenvalue weighted by molar-refractivity contribution is 9.10. The highest BCUT2D eigenvalue weighted by Gasteiger charge is 2.33. The summed E-state index contributed by atoms with van der Waals surface area (Å²) in [6, 6.07) is 20.9. The summed E-state index contributed by atoms with van der Waals surface area (Å²) in [7, 11) is 4.86. The van der Waals surface area contributed by atoms with Crippen LogP contribution < -0.4 is 14.8 Å². The van der Waals surface area contributed by atoms with Gasteiger partial charge in [-0.05, 0) is 42.3 Å². The number of methoxy groups -OCH3 is 2. The zero-order chi connectivity index (χ0) is 30.5. The molecule has 0 radical (unpaired) electrons. The Morgan fingerprint density at radius 3 is 2.33 bits per heavy atom. The molecular weight excluding hydrogens is 632 g/mol. The third-order valence-corrected chi connectivity index (χ3v) is 8.61. The Morgan fingerprint density at radius 2 is 1.67 bits per heavy atom. The molecule has 1 N–H and O–H groups in total. The number of hydrogen-bond donors (Lipinski definition) is 1. The molecule has 2 amide bonds. The molecule has 2 heterocycles. The average Bonchev–Trinajstić information content (AvgIpc) is 3.62. The van der Waals surface area contributed by atoms with Crippen molar-refractivity contribution in [3.63, 3.8) is 0 Å². The number of aryl methyl sites for hydroxylation is 1. The van der Waals surface area contributed by atoms with Crippen LogP contribution >= 0.6 is 27.7 Å². The second-order valence-corrected chi connectivity index (χ2v) is 11.8. The van der Waals surface area contributed by atoms with Crippen molar-refractivity contribution in [3.05, 3.63) is 99.3 Å².